The van der Waals surface area contributed by atoms with Gasteiger partial charge in [0.25, 0.3) is 5.56 Å². The Morgan fingerprint density at radius 3 is 2.67 bits per heavy atom. The standard InChI is InChI=1S/C12H12ClNO/c1-3-14-10-7-5-4-6-9(10)8(2)11(13)12(14)15/h4-7H,3H2,1-2H3. The summed E-state index contributed by atoms with van der Waals surface area (Å²) in [7, 11) is 0. The highest BCUT2D eigenvalue weighted by molar-refractivity contribution is 6.32. The molecule has 78 valence electrons. The monoisotopic (exact) mass is 221 g/mol. The zero-order chi connectivity index (χ0) is 11.0. The van der Waals surface area contributed by atoms with Crippen molar-refractivity contribution in [1.29, 1.82) is 0 Å². The Morgan fingerprint density at radius 2 is 2.00 bits per heavy atom. The van der Waals surface area contributed by atoms with Gasteiger partial charge < -0.3 is 4.57 Å². The normalized spacial score (nSPS) is 10.9. The molecule has 0 atom stereocenters. The first kappa shape index (κ1) is 10.2. The van der Waals surface area contributed by atoms with Crippen LogP contribution in [0.5, 0.6) is 0 Å². The molecule has 0 saturated carbocycles. The number of aryl methyl sites for hydroxylation is 2. The van der Waals surface area contributed by atoms with Crippen molar-refractivity contribution < 1.29 is 0 Å². The van der Waals surface area contributed by atoms with Gasteiger partial charge in [0.2, 0.25) is 0 Å². The van der Waals surface area contributed by atoms with E-state index in [0.29, 0.717) is 11.6 Å². The van der Waals surface area contributed by atoms with Crippen LogP contribution in [-0.2, 0) is 6.54 Å². The lowest BCUT2D eigenvalue weighted by Gasteiger charge is -2.11. The molecule has 0 amide bonds. The van der Waals surface area contributed by atoms with Crippen molar-refractivity contribution in [1.82, 2.24) is 4.57 Å². The summed E-state index contributed by atoms with van der Waals surface area (Å²) in [5, 5.41) is 1.37. The number of rotatable bonds is 1. The molecule has 0 saturated heterocycles. The van der Waals surface area contributed by atoms with Crippen LogP contribution in [0.1, 0.15) is 12.5 Å². The second kappa shape index (κ2) is 3.70. The lowest BCUT2D eigenvalue weighted by atomic mass is 10.1. The molecule has 0 radical (unpaired) electrons. The van der Waals surface area contributed by atoms with Crippen LogP contribution >= 0.6 is 11.6 Å². The van der Waals surface area contributed by atoms with Crippen LogP contribution in [-0.4, -0.2) is 4.57 Å². The molecule has 2 aromatic rings. The van der Waals surface area contributed by atoms with E-state index in [0.717, 1.165) is 16.5 Å². The van der Waals surface area contributed by atoms with Crippen LogP contribution in [0.15, 0.2) is 29.1 Å². The highest BCUT2D eigenvalue weighted by Crippen LogP contribution is 2.21. The summed E-state index contributed by atoms with van der Waals surface area (Å²) in [5.41, 5.74) is 1.71. The zero-order valence-corrected chi connectivity index (χ0v) is 9.51. The molecule has 0 fully saturated rings. The summed E-state index contributed by atoms with van der Waals surface area (Å²) in [6.45, 7) is 4.46. The Morgan fingerprint density at radius 1 is 1.33 bits per heavy atom. The molecule has 0 bridgehead atoms. The third-order valence-electron chi connectivity index (χ3n) is 2.68. The van der Waals surface area contributed by atoms with Crippen molar-refractivity contribution in [2.45, 2.75) is 20.4 Å². The maximum atomic E-state index is 11.9. The Bertz CT molecular complexity index is 572. The lowest BCUT2D eigenvalue weighted by Crippen LogP contribution is -2.21. The van der Waals surface area contributed by atoms with Crippen molar-refractivity contribution >= 4 is 22.5 Å². The average molecular weight is 222 g/mol. The Labute approximate surface area is 93.1 Å². The van der Waals surface area contributed by atoms with Gasteiger partial charge in [-0.05, 0) is 25.5 Å². The highest BCUT2D eigenvalue weighted by Gasteiger charge is 2.10. The topological polar surface area (TPSA) is 22.0 Å². The molecule has 1 aromatic heterocycles. The van der Waals surface area contributed by atoms with Crippen molar-refractivity contribution in [2.24, 2.45) is 0 Å². The minimum atomic E-state index is -0.102. The van der Waals surface area contributed by atoms with E-state index in [4.69, 9.17) is 11.6 Å². The molecule has 3 heteroatoms. The SMILES string of the molecule is CCn1c(=O)c(Cl)c(C)c2ccccc21. The van der Waals surface area contributed by atoms with Gasteiger partial charge in [0.05, 0.1) is 5.52 Å². The molecule has 2 rings (SSSR count). The van der Waals surface area contributed by atoms with E-state index in [9.17, 15) is 4.79 Å². The fourth-order valence-corrected chi connectivity index (χ4v) is 2.05. The zero-order valence-electron chi connectivity index (χ0n) is 8.75. The molecule has 15 heavy (non-hydrogen) atoms. The number of fused-ring (bicyclic) bond motifs is 1. The number of hydrogen-bond acceptors (Lipinski definition) is 1. The molecule has 0 spiro atoms. The first-order chi connectivity index (χ1) is 7.16. The summed E-state index contributed by atoms with van der Waals surface area (Å²) >= 11 is 6.01. The van der Waals surface area contributed by atoms with Crippen molar-refractivity contribution in [2.75, 3.05) is 0 Å². The number of benzene rings is 1. The minimum absolute atomic E-state index is 0.102. The van der Waals surface area contributed by atoms with E-state index in [-0.39, 0.29) is 5.56 Å². The van der Waals surface area contributed by atoms with Gasteiger partial charge in [-0.25, -0.2) is 0 Å². The molecule has 1 aromatic carbocycles. The number of hydrogen-bond donors (Lipinski definition) is 0. The van der Waals surface area contributed by atoms with Crippen molar-refractivity contribution in [3.8, 4) is 0 Å². The van der Waals surface area contributed by atoms with E-state index in [1.807, 2.05) is 38.1 Å². The van der Waals surface area contributed by atoms with Gasteiger partial charge in [0.1, 0.15) is 5.02 Å². The molecular formula is C12H12ClNO. The summed E-state index contributed by atoms with van der Waals surface area (Å²) < 4.78 is 1.70. The Hall–Kier alpha value is -1.28. The van der Waals surface area contributed by atoms with E-state index >= 15 is 0 Å². The van der Waals surface area contributed by atoms with Crippen LogP contribution in [0, 0.1) is 6.92 Å². The summed E-state index contributed by atoms with van der Waals surface area (Å²) in [6, 6.07) is 7.82. The molecule has 0 aliphatic rings. The Kier molecular flexibility index (Phi) is 2.53. The Balaban J connectivity index is 3.05. The second-order valence-corrected chi connectivity index (χ2v) is 3.88. The molecule has 0 N–H and O–H groups in total. The van der Waals surface area contributed by atoms with Gasteiger partial charge in [-0.2, -0.15) is 0 Å². The number of para-hydroxylation sites is 1. The summed E-state index contributed by atoms with van der Waals surface area (Å²) in [5.74, 6) is 0. The van der Waals surface area contributed by atoms with Gasteiger partial charge >= 0.3 is 0 Å². The van der Waals surface area contributed by atoms with E-state index in [1.165, 1.54) is 0 Å². The molecule has 1 heterocycles. The average Bonchev–Trinajstić information content (AvgIpc) is 2.27. The van der Waals surface area contributed by atoms with Gasteiger partial charge in [-0.1, -0.05) is 29.8 Å². The maximum absolute atomic E-state index is 11.9. The highest BCUT2D eigenvalue weighted by atomic mass is 35.5. The molecule has 0 unspecified atom stereocenters. The van der Waals surface area contributed by atoms with Crippen LogP contribution in [0.2, 0.25) is 5.02 Å². The predicted molar refractivity (Wildman–Crippen MR) is 63.6 cm³/mol. The summed E-state index contributed by atoms with van der Waals surface area (Å²) in [6.07, 6.45) is 0. The largest absolute Gasteiger partial charge is 0.307 e. The van der Waals surface area contributed by atoms with Gasteiger partial charge in [-0.3, -0.25) is 4.79 Å². The number of nitrogens with zero attached hydrogens (tertiary/aromatic N) is 1. The number of pyridine rings is 1. The van der Waals surface area contributed by atoms with Gasteiger partial charge in [-0.15, -0.1) is 0 Å². The number of aromatic nitrogens is 1. The van der Waals surface area contributed by atoms with Crippen molar-refractivity contribution in [3.63, 3.8) is 0 Å². The first-order valence-corrected chi connectivity index (χ1v) is 5.32. The van der Waals surface area contributed by atoms with E-state index < -0.39 is 0 Å². The van der Waals surface area contributed by atoms with Gasteiger partial charge in [0, 0.05) is 11.9 Å². The van der Waals surface area contributed by atoms with Crippen LogP contribution in [0.25, 0.3) is 10.9 Å². The first-order valence-electron chi connectivity index (χ1n) is 4.94. The van der Waals surface area contributed by atoms with E-state index in [2.05, 4.69) is 0 Å². The summed E-state index contributed by atoms with van der Waals surface area (Å²) in [4.78, 5) is 11.9. The third kappa shape index (κ3) is 1.45. The second-order valence-electron chi connectivity index (χ2n) is 3.51. The van der Waals surface area contributed by atoms with Crippen LogP contribution < -0.4 is 5.56 Å². The molecule has 2 nitrogen and oxygen atoms in total. The lowest BCUT2D eigenvalue weighted by molar-refractivity contribution is 0.759. The van der Waals surface area contributed by atoms with Crippen LogP contribution in [0.4, 0.5) is 0 Å². The molecule has 0 aliphatic carbocycles. The molecule has 0 aliphatic heterocycles. The van der Waals surface area contributed by atoms with Crippen molar-refractivity contribution in [3.05, 3.63) is 45.2 Å². The van der Waals surface area contributed by atoms with Crippen LogP contribution in [0.3, 0.4) is 0 Å². The predicted octanol–water partition coefficient (Wildman–Crippen LogP) is 2.98. The van der Waals surface area contributed by atoms with Gasteiger partial charge in [0.15, 0.2) is 0 Å². The number of halogens is 1. The maximum Gasteiger partial charge on any atom is 0.270 e. The smallest absolute Gasteiger partial charge is 0.270 e. The fourth-order valence-electron chi connectivity index (χ4n) is 1.85. The minimum Gasteiger partial charge on any atom is -0.307 e. The van der Waals surface area contributed by atoms with E-state index in [1.54, 1.807) is 4.57 Å². The third-order valence-corrected chi connectivity index (χ3v) is 3.12. The quantitative estimate of drug-likeness (QED) is 0.726. The fraction of sp³-hybridized carbons (Fsp3) is 0.250. The molecular weight excluding hydrogens is 210 g/mol.